The maximum atomic E-state index is 5.86. The van der Waals surface area contributed by atoms with Gasteiger partial charge in [-0.05, 0) is 24.8 Å². The molecule has 62 valence electrons. The van der Waals surface area contributed by atoms with Crippen molar-refractivity contribution in [3.8, 4) is 0 Å². The molecule has 1 aliphatic carbocycles. The van der Waals surface area contributed by atoms with Gasteiger partial charge in [-0.15, -0.1) is 0 Å². The largest absolute Gasteiger partial charge is 0.324 e. The first-order valence-corrected chi connectivity index (χ1v) is 4.30. The highest BCUT2D eigenvalue weighted by molar-refractivity contribution is 5.34. The van der Waals surface area contributed by atoms with Gasteiger partial charge in [-0.25, -0.2) is 0 Å². The molecule has 2 atom stereocenters. The summed E-state index contributed by atoms with van der Waals surface area (Å²) in [5, 5.41) is 0. The van der Waals surface area contributed by atoms with Crippen LogP contribution in [0, 0.1) is 5.92 Å². The van der Waals surface area contributed by atoms with Crippen LogP contribution >= 0.6 is 0 Å². The lowest BCUT2D eigenvalue weighted by Crippen LogP contribution is -2.27. The van der Waals surface area contributed by atoms with E-state index in [4.69, 9.17) is 5.73 Å². The molecule has 0 radical (unpaired) electrons. The second-order valence-electron chi connectivity index (χ2n) is 3.33. The molecule has 0 saturated carbocycles. The summed E-state index contributed by atoms with van der Waals surface area (Å²) in [5.74, 6) is 0.508. The van der Waals surface area contributed by atoms with Crippen molar-refractivity contribution in [2.24, 2.45) is 11.7 Å². The summed E-state index contributed by atoms with van der Waals surface area (Å²) < 4.78 is 0. The summed E-state index contributed by atoms with van der Waals surface area (Å²) in [6.45, 7) is 6.50. The molecular weight excluding hydrogens is 134 g/mol. The van der Waals surface area contributed by atoms with Gasteiger partial charge >= 0.3 is 0 Å². The van der Waals surface area contributed by atoms with E-state index < -0.39 is 0 Å². The van der Waals surface area contributed by atoms with E-state index in [-0.39, 0.29) is 6.04 Å². The van der Waals surface area contributed by atoms with Crippen molar-refractivity contribution >= 4 is 0 Å². The van der Waals surface area contributed by atoms with Gasteiger partial charge in [0.15, 0.2) is 0 Å². The maximum Gasteiger partial charge on any atom is 0.0290 e. The summed E-state index contributed by atoms with van der Waals surface area (Å²) in [6, 6.07) is 0.227. The zero-order valence-electron chi connectivity index (χ0n) is 7.59. The van der Waals surface area contributed by atoms with Gasteiger partial charge in [0.1, 0.15) is 0 Å². The van der Waals surface area contributed by atoms with Crippen LogP contribution < -0.4 is 5.73 Å². The molecule has 0 heterocycles. The molecule has 2 N–H and O–H groups in total. The predicted molar refractivity (Wildman–Crippen MR) is 49.3 cm³/mol. The van der Waals surface area contributed by atoms with Crippen molar-refractivity contribution in [1.29, 1.82) is 0 Å². The molecule has 0 bridgehead atoms. The smallest absolute Gasteiger partial charge is 0.0290 e. The van der Waals surface area contributed by atoms with E-state index in [0.29, 0.717) is 5.92 Å². The molecule has 0 aromatic carbocycles. The van der Waals surface area contributed by atoms with Crippen molar-refractivity contribution in [2.75, 3.05) is 0 Å². The molecule has 1 nitrogen and oxygen atoms in total. The van der Waals surface area contributed by atoms with Crippen LogP contribution in [0.4, 0.5) is 0 Å². The third kappa shape index (κ3) is 1.72. The average Bonchev–Trinajstić information content (AvgIpc) is 1.97. The number of allylic oxidation sites excluding steroid dienone is 2. The molecule has 1 heteroatoms. The highest BCUT2D eigenvalue weighted by atomic mass is 14.6. The molecule has 0 fully saturated rings. The lowest BCUT2D eigenvalue weighted by atomic mass is 9.88. The Morgan fingerprint density at radius 1 is 1.45 bits per heavy atom. The van der Waals surface area contributed by atoms with E-state index in [1.165, 1.54) is 11.1 Å². The number of hydrogen-bond acceptors (Lipinski definition) is 1. The highest BCUT2D eigenvalue weighted by Gasteiger charge is 2.14. The molecule has 0 aliphatic heterocycles. The molecule has 0 aromatic heterocycles. The lowest BCUT2D eigenvalue weighted by molar-refractivity contribution is 0.611. The van der Waals surface area contributed by atoms with Crippen LogP contribution in [0.25, 0.3) is 0 Å². The van der Waals surface area contributed by atoms with Gasteiger partial charge in [-0.1, -0.05) is 31.6 Å². The van der Waals surface area contributed by atoms with Gasteiger partial charge in [-0.3, -0.25) is 0 Å². The minimum Gasteiger partial charge on any atom is -0.324 e. The summed E-state index contributed by atoms with van der Waals surface area (Å²) in [4.78, 5) is 0. The van der Waals surface area contributed by atoms with Crippen molar-refractivity contribution in [3.63, 3.8) is 0 Å². The van der Waals surface area contributed by atoms with Crippen molar-refractivity contribution < 1.29 is 0 Å². The normalized spacial score (nSPS) is 31.3. The van der Waals surface area contributed by atoms with Gasteiger partial charge in [-0.2, -0.15) is 0 Å². The van der Waals surface area contributed by atoms with Crippen LogP contribution in [0.15, 0.2) is 23.3 Å². The molecule has 0 aromatic rings. The Bertz CT molecular complexity index is 201. The summed E-state index contributed by atoms with van der Waals surface area (Å²) in [7, 11) is 0. The zero-order valence-corrected chi connectivity index (χ0v) is 7.59. The first-order chi connectivity index (χ1) is 5.15. The van der Waals surface area contributed by atoms with E-state index in [9.17, 15) is 0 Å². The summed E-state index contributed by atoms with van der Waals surface area (Å²) in [6.07, 6.45) is 5.59. The molecule has 1 rings (SSSR count). The van der Waals surface area contributed by atoms with E-state index in [0.717, 1.165) is 6.42 Å². The highest BCUT2D eigenvalue weighted by Crippen LogP contribution is 2.23. The first kappa shape index (κ1) is 8.54. The van der Waals surface area contributed by atoms with Crippen molar-refractivity contribution in [1.82, 2.24) is 0 Å². The lowest BCUT2D eigenvalue weighted by Gasteiger charge is -2.21. The van der Waals surface area contributed by atoms with Gasteiger partial charge in [0.25, 0.3) is 0 Å². The summed E-state index contributed by atoms with van der Waals surface area (Å²) in [5.41, 5.74) is 8.68. The third-order valence-corrected chi connectivity index (χ3v) is 2.40. The standard InChI is InChI=1S/C10H17N/c1-4-9-5-8(3)10(11)6-7(9)2/h5-6,8,10H,4,11H2,1-3H3. The number of nitrogens with two attached hydrogens (primary N) is 1. The second kappa shape index (κ2) is 3.22. The minimum atomic E-state index is 0.227. The second-order valence-corrected chi connectivity index (χ2v) is 3.33. The fourth-order valence-corrected chi connectivity index (χ4v) is 1.50. The Morgan fingerprint density at radius 3 is 2.64 bits per heavy atom. The quantitative estimate of drug-likeness (QED) is 0.611. The third-order valence-electron chi connectivity index (χ3n) is 2.40. The molecule has 0 spiro atoms. The maximum absolute atomic E-state index is 5.86. The van der Waals surface area contributed by atoms with Crippen LogP contribution in [0.3, 0.4) is 0 Å². The average molecular weight is 151 g/mol. The minimum absolute atomic E-state index is 0.227. The summed E-state index contributed by atoms with van der Waals surface area (Å²) >= 11 is 0. The van der Waals surface area contributed by atoms with Gasteiger partial charge < -0.3 is 5.73 Å². The Morgan fingerprint density at radius 2 is 2.09 bits per heavy atom. The van der Waals surface area contributed by atoms with Gasteiger partial charge in [0.05, 0.1) is 0 Å². The predicted octanol–water partition coefficient (Wildman–Crippen LogP) is 2.25. The first-order valence-electron chi connectivity index (χ1n) is 4.30. The van der Waals surface area contributed by atoms with Crippen molar-refractivity contribution in [2.45, 2.75) is 33.2 Å². The molecule has 1 aliphatic rings. The SMILES string of the molecule is CCC1=CC(C)C(N)C=C1C. The van der Waals surface area contributed by atoms with E-state index in [1.807, 2.05) is 0 Å². The topological polar surface area (TPSA) is 26.0 Å². The van der Waals surface area contributed by atoms with Crippen LogP contribution in [0.1, 0.15) is 27.2 Å². The molecule has 2 unspecified atom stereocenters. The number of hydrogen-bond donors (Lipinski definition) is 1. The van der Waals surface area contributed by atoms with Gasteiger partial charge in [0.2, 0.25) is 0 Å². The zero-order chi connectivity index (χ0) is 8.43. The van der Waals surface area contributed by atoms with E-state index >= 15 is 0 Å². The number of rotatable bonds is 1. The Hall–Kier alpha value is -0.560. The molecule has 11 heavy (non-hydrogen) atoms. The van der Waals surface area contributed by atoms with Crippen molar-refractivity contribution in [3.05, 3.63) is 23.3 Å². The van der Waals surface area contributed by atoms with Gasteiger partial charge in [0, 0.05) is 6.04 Å². The van der Waals surface area contributed by atoms with E-state index in [2.05, 4.69) is 32.9 Å². The Kier molecular flexibility index (Phi) is 2.50. The Labute approximate surface area is 69.0 Å². The molecule has 0 amide bonds. The monoisotopic (exact) mass is 151 g/mol. The van der Waals surface area contributed by atoms with Crippen LogP contribution in [-0.2, 0) is 0 Å². The van der Waals surface area contributed by atoms with Crippen LogP contribution in [0.2, 0.25) is 0 Å². The fourth-order valence-electron chi connectivity index (χ4n) is 1.50. The van der Waals surface area contributed by atoms with E-state index in [1.54, 1.807) is 0 Å². The molecule has 0 saturated heterocycles. The van der Waals surface area contributed by atoms with Crippen LogP contribution in [0.5, 0.6) is 0 Å². The Balaban J connectivity index is 2.82. The van der Waals surface area contributed by atoms with Crippen LogP contribution in [-0.4, -0.2) is 6.04 Å². The fraction of sp³-hybridized carbons (Fsp3) is 0.600. The molecular formula is C10H17N.